The fraction of sp³-hybridized carbons (Fsp3) is 0.200. The van der Waals surface area contributed by atoms with Gasteiger partial charge >= 0.3 is 0 Å². The first-order valence-corrected chi connectivity index (χ1v) is 6.87. The van der Waals surface area contributed by atoms with Crippen LogP contribution in [0.4, 0.5) is 4.39 Å². The molecule has 0 heterocycles. The monoisotopic (exact) mass is 277 g/mol. The van der Waals surface area contributed by atoms with E-state index in [1.165, 1.54) is 12.1 Å². The van der Waals surface area contributed by atoms with Crippen molar-refractivity contribution >= 4 is 11.8 Å². The molecule has 0 amide bonds. The number of halogens is 1. The second-order valence-corrected chi connectivity index (χ2v) is 5.29. The van der Waals surface area contributed by atoms with Crippen molar-refractivity contribution in [2.75, 3.05) is 13.7 Å². The number of nitrogens with two attached hydrogens (primary N) is 1. The second kappa shape index (κ2) is 6.59. The molecule has 2 N–H and O–H groups in total. The SMILES string of the molecule is COc1ccccc1SC(CN)c1ccc(F)cc1. The van der Waals surface area contributed by atoms with E-state index in [0.29, 0.717) is 6.54 Å². The summed E-state index contributed by atoms with van der Waals surface area (Å²) in [5, 5.41) is 0.0805. The summed E-state index contributed by atoms with van der Waals surface area (Å²) in [7, 11) is 1.65. The van der Waals surface area contributed by atoms with Crippen molar-refractivity contribution in [2.45, 2.75) is 10.1 Å². The Morgan fingerprint density at radius 1 is 1.16 bits per heavy atom. The van der Waals surface area contributed by atoms with E-state index in [9.17, 15) is 4.39 Å². The quantitative estimate of drug-likeness (QED) is 0.848. The van der Waals surface area contributed by atoms with E-state index in [1.54, 1.807) is 31.0 Å². The third kappa shape index (κ3) is 3.49. The van der Waals surface area contributed by atoms with Crippen LogP contribution >= 0.6 is 11.8 Å². The molecule has 2 nitrogen and oxygen atoms in total. The van der Waals surface area contributed by atoms with Crippen molar-refractivity contribution < 1.29 is 9.13 Å². The lowest BCUT2D eigenvalue weighted by Crippen LogP contribution is -2.09. The number of para-hydroxylation sites is 1. The molecule has 0 saturated heterocycles. The van der Waals surface area contributed by atoms with Gasteiger partial charge in [0.1, 0.15) is 11.6 Å². The molecule has 0 spiro atoms. The molecule has 4 heteroatoms. The molecule has 0 aromatic heterocycles. The molecular formula is C15H16FNOS. The standard InChI is InChI=1S/C15H16FNOS/c1-18-13-4-2-3-5-14(13)19-15(10-17)11-6-8-12(16)9-7-11/h2-9,15H,10,17H2,1H3. The van der Waals surface area contributed by atoms with E-state index in [1.807, 2.05) is 24.3 Å². The number of rotatable bonds is 5. The summed E-state index contributed by atoms with van der Waals surface area (Å²) >= 11 is 1.63. The van der Waals surface area contributed by atoms with Gasteiger partial charge in [0.05, 0.1) is 7.11 Å². The summed E-state index contributed by atoms with van der Waals surface area (Å²) in [6.07, 6.45) is 0. The van der Waals surface area contributed by atoms with Gasteiger partial charge in [-0.05, 0) is 29.8 Å². The number of thioether (sulfide) groups is 1. The van der Waals surface area contributed by atoms with E-state index in [-0.39, 0.29) is 11.1 Å². The largest absolute Gasteiger partial charge is 0.496 e. The highest BCUT2D eigenvalue weighted by atomic mass is 32.2. The van der Waals surface area contributed by atoms with Gasteiger partial charge in [0, 0.05) is 16.7 Å². The second-order valence-electron chi connectivity index (χ2n) is 4.04. The van der Waals surface area contributed by atoms with Crippen LogP contribution in [0.15, 0.2) is 53.4 Å². The average Bonchev–Trinajstić information content (AvgIpc) is 2.46. The summed E-state index contributed by atoms with van der Waals surface area (Å²) in [4.78, 5) is 1.03. The molecule has 2 rings (SSSR count). The van der Waals surface area contributed by atoms with Crippen molar-refractivity contribution in [1.82, 2.24) is 0 Å². The summed E-state index contributed by atoms with van der Waals surface area (Å²) in [6.45, 7) is 0.481. The van der Waals surface area contributed by atoms with Gasteiger partial charge in [-0.25, -0.2) is 4.39 Å². The number of benzene rings is 2. The van der Waals surface area contributed by atoms with Crippen molar-refractivity contribution in [3.05, 3.63) is 59.9 Å². The van der Waals surface area contributed by atoms with Crippen molar-refractivity contribution in [2.24, 2.45) is 5.73 Å². The summed E-state index contributed by atoms with van der Waals surface area (Å²) in [5.41, 5.74) is 6.84. The van der Waals surface area contributed by atoms with Gasteiger partial charge in [-0.2, -0.15) is 0 Å². The van der Waals surface area contributed by atoms with Gasteiger partial charge in [-0.15, -0.1) is 11.8 Å². The molecule has 1 unspecified atom stereocenters. The minimum Gasteiger partial charge on any atom is -0.496 e. The van der Waals surface area contributed by atoms with Crippen molar-refractivity contribution in [3.8, 4) is 5.75 Å². The lowest BCUT2D eigenvalue weighted by atomic mass is 10.1. The maximum atomic E-state index is 12.9. The van der Waals surface area contributed by atoms with Crippen LogP contribution in [0.25, 0.3) is 0 Å². The third-order valence-electron chi connectivity index (χ3n) is 2.79. The molecule has 0 radical (unpaired) electrons. The van der Waals surface area contributed by atoms with Gasteiger partial charge in [0.25, 0.3) is 0 Å². The molecule has 0 aliphatic heterocycles. The van der Waals surface area contributed by atoms with Crippen LogP contribution in [-0.2, 0) is 0 Å². The van der Waals surface area contributed by atoms with Gasteiger partial charge in [-0.3, -0.25) is 0 Å². The van der Waals surface area contributed by atoms with Gasteiger partial charge in [0.2, 0.25) is 0 Å². The smallest absolute Gasteiger partial charge is 0.132 e. The molecule has 0 fully saturated rings. The molecule has 1 atom stereocenters. The van der Waals surface area contributed by atoms with E-state index in [0.717, 1.165) is 16.2 Å². The molecule has 100 valence electrons. The normalized spacial score (nSPS) is 12.2. The van der Waals surface area contributed by atoms with E-state index < -0.39 is 0 Å². The Morgan fingerprint density at radius 2 is 1.84 bits per heavy atom. The zero-order valence-electron chi connectivity index (χ0n) is 10.7. The first-order valence-electron chi connectivity index (χ1n) is 6.00. The van der Waals surface area contributed by atoms with E-state index in [2.05, 4.69) is 0 Å². The Morgan fingerprint density at radius 3 is 2.47 bits per heavy atom. The van der Waals surface area contributed by atoms with Crippen LogP contribution in [-0.4, -0.2) is 13.7 Å². The minimum absolute atomic E-state index is 0.0805. The maximum Gasteiger partial charge on any atom is 0.132 e. The Hall–Kier alpha value is -1.52. The lowest BCUT2D eigenvalue weighted by Gasteiger charge is -2.16. The zero-order valence-corrected chi connectivity index (χ0v) is 11.5. The number of hydrogen-bond acceptors (Lipinski definition) is 3. The van der Waals surface area contributed by atoms with Crippen LogP contribution < -0.4 is 10.5 Å². The van der Waals surface area contributed by atoms with Crippen LogP contribution in [0.3, 0.4) is 0 Å². The highest BCUT2D eigenvalue weighted by molar-refractivity contribution is 7.99. The Balaban J connectivity index is 2.21. The third-order valence-corrected chi connectivity index (χ3v) is 4.13. The average molecular weight is 277 g/mol. The summed E-state index contributed by atoms with van der Waals surface area (Å²) < 4.78 is 18.3. The van der Waals surface area contributed by atoms with Crippen LogP contribution in [0.2, 0.25) is 0 Å². The fourth-order valence-electron chi connectivity index (χ4n) is 1.80. The van der Waals surface area contributed by atoms with Gasteiger partial charge in [-0.1, -0.05) is 24.3 Å². The highest BCUT2D eigenvalue weighted by Gasteiger charge is 2.14. The molecule has 19 heavy (non-hydrogen) atoms. The van der Waals surface area contributed by atoms with Crippen LogP contribution in [0.1, 0.15) is 10.8 Å². The molecular weight excluding hydrogens is 261 g/mol. The first-order chi connectivity index (χ1) is 9.24. The first kappa shape index (κ1) is 13.9. The Bertz CT molecular complexity index is 530. The Kier molecular flexibility index (Phi) is 4.82. The van der Waals surface area contributed by atoms with Crippen molar-refractivity contribution in [1.29, 1.82) is 0 Å². The van der Waals surface area contributed by atoms with Gasteiger partial charge in [0.15, 0.2) is 0 Å². The minimum atomic E-state index is -0.234. The number of ether oxygens (including phenoxy) is 1. The molecule has 0 saturated carbocycles. The van der Waals surface area contributed by atoms with E-state index >= 15 is 0 Å². The van der Waals surface area contributed by atoms with Crippen LogP contribution in [0, 0.1) is 5.82 Å². The van der Waals surface area contributed by atoms with Crippen LogP contribution in [0.5, 0.6) is 5.75 Å². The van der Waals surface area contributed by atoms with Gasteiger partial charge < -0.3 is 10.5 Å². The fourth-order valence-corrected chi connectivity index (χ4v) is 2.92. The predicted molar refractivity (Wildman–Crippen MR) is 77.0 cm³/mol. The predicted octanol–water partition coefficient (Wildman–Crippen LogP) is 3.63. The maximum absolute atomic E-state index is 12.9. The summed E-state index contributed by atoms with van der Waals surface area (Å²) in [6, 6.07) is 14.3. The lowest BCUT2D eigenvalue weighted by molar-refractivity contribution is 0.404. The molecule has 0 aliphatic rings. The Labute approximate surface area is 116 Å². The van der Waals surface area contributed by atoms with E-state index in [4.69, 9.17) is 10.5 Å². The molecule has 0 bridgehead atoms. The summed E-state index contributed by atoms with van der Waals surface area (Å²) in [5.74, 6) is 0.592. The number of methoxy groups -OCH3 is 1. The zero-order chi connectivity index (χ0) is 13.7. The molecule has 2 aromatic carbocycles. The number of hydrogen-bond donors (Lipinski definition) is 1. The van der Waals surface area contributed by atoms with Crippen molar-refractivity contribution in [3.63, 3.8) is 0 Å². The highest BCUT2D eigenvalue weighted by Crippen LogP contribution is 2.39. The molecule has 0 aliphatic carbocycles. The topological polar surface area (TPSA) is 35.2 Å². The molecule has 2 aromatic rings.